The van der Waals surface area contributed by atoms with Crippen LogP contribution in [-0.2, 0) is 29.4 Å². The van der Waals surface area contributed by atoms with Gasteiger partial charge >= 0.3 is 0 Å². The molecule has 0 unspecified atom stereocenters. The van der Waals surface area contributed by atoms with Gasteiger partial charge in [-0.25, -0.2) is 0 Å². The van der Waals surface area contributed by atoms with Gasteiger partial charge in [-0.05, 0) is 98.2 Å². The molecule has 0 spiro atoms. The largest absolute Gasteiger partial charge is 0.0988 e. The highest BCUT2D eigenvalue weighted by Crippen LogP contribution is 2.55. The molecule has 0 radical (unpaired) electrons. The number of rotatable bonds is 7. The van der Waals surface area contributed by atoms with E-state index in [4.69, 9.17) is 22.4 Å². The SMILES string of the molecule is S=[SH](=S)SSSSSSSS. The molecule has 0 nitrogen and oxygen atoms in total. The Hall–Kier alpha value is 3.59. The molecule has 0 aromatic heterocycles. The molecule has 0 fully saturated rings. The highest BCUT2D eigenvalue weighted by Gasteiger charge is 1.92. The molecule has 0 saturated carbocycles. The van der Waals surface area contributed by atoms with E-state index in [-0.39, 0.29) is 0 Å². The van der Waals surface area contributed by atoms with Crippen LogP contribution in [-0.4, -0.2) is 0 Å². The van der Waals surface area contributed by atoms with E-state index >= 15 is 0 Å². The van der Waals surface area contributed by atoms with Crippen molar-refractivity contribution in [1.82, 2.24) is 0 Å². The molecule has 0 aliphatic carbocycles. The summed E-state index contributed by atoms with van der Waals surface area (Å²) in [6, 6.07) is 0. The molecule has 0 bridgehead atoms. The molecule has 11 heteroatoms. The van der Waals surface area contributed by atoms with Crippen LogP contribution in [0.4, 0.5) is 0 Å². The van der Waals surface area contributed by atoms with E-state index in [9.17, 15) is 0 Å². The third kappa shape index (κ3) is 13.6. The number of thiol groups is 2. The second kappa shape index (κ2) is 11.7. The summed E-state index contributed by atoms with van der Waals surface area (Å²) >= 11 is 13.7. The predicted molar refractivity (Wildman–Crippen MR) is 85.6 cm³/mol. The Morgan fingerprint density at radius 3 is 2.00 bits per heavy atom. The Labute approximate surface area is 108 Å². The van der Waals surface area contributed by atoms with Gasteiger partial charge in [0.2, 0.25) is 0 Å². The third-order valence-electron chi connectivity index (χ3n) is 0.233. The average Bonchev–Trinajstić information content (AvgIpc) is 1.96. The van der Waals surface area contributed by atoms with Crippen LogP contribution in [0.2, 0.25) is 0 Å². The lowest BCUT2D eigenvalue weighted by atomic mass is 30.1. The zero-order valence-corrected chi connectivity index (χ0v) is 13.7. The van der Waals surface area contributed by atoms with Crippen molar-refractivity contribution in [2.45, 2.75) is 0 Å². The Morgan fingerprint density at radius 1 is 0.909 bits per heavy atom. The zero-order chi connectivity index (χ0) is 8.53. The Morgan fingerprint density at radius 2 is 1.45 bits per heavy atom. The van der Waals surface area contributed by atoms with Crippen LogP contribution in [0.5, 0.6) is 0 Å². The standard InChI is InChI=1S/H2S11/c1-4-5-6-7-8-9-10-11(2)3/h1,11H. The van der Waals surface area contributed by atoms with Gasteiger partial charge in [0, 0.05) is 0 Å². The summed E-state index contributed by atoms with van der Waals surface area (Å²) in [4.78, 5) is 0. The summed E-state index contributed by atoms with van der Waals surface area (Å²) in [6.45, 7) is 0. The van der Waals surface area contributed by atoms with Gasteiger partial charge < -0.3 is 0 Å². The lowest BCUT2D eigenvalue weighted by molar-refractivity contribution is 5.65. The molecular weight excluding hydrogens is 353 g/mol. The van der Waals surface area contributed by atoms with Gasteiger partial charge in [0.05, 0.1) is 0 Å². The lowest BCUT2D eigenvalue weighted by Gasteiger charge is -1.92. The summed E-state index contributed by atoms with van der Waals surface area (Å²) in [5.74, 6) is 0. The maximum absolute atomic E-state index is 4.85. The molecule has 0 heterocycles. The summed E-state index contributed by atoms with van der Waals surface area (Å²) in [6.07, 6.45) is 0. The molecule has 0 aromatic rings. The fourth-order valence-electron chi connectivity index (χ4n) is 0.0837. The molecule has 0 aliphatic heterocycles. The van der Waals surface area contributed by atoms with Gasteiger partial charge in [0.25, 0.3) is 0 Å². The molecule has 68 valence electrons. The van der Waals surface area contributed by atoms with Crippen molar-refractivity contribution in [3.8, 4) is 0 Å². The van der Waals surface area contributed by atoms with Crippen LogP contribution in [0.25, 0.3) is 0 Å². The van der Waals surface area contributed by atoms with Crippen molar-refractivity contribution >= 4 is 110 Å². The third-order valence-corrected chi connectivity index (χ3v) is 18.9. The van der Waals surface area contributed by atoms with E-state index in [0.717, 1.165) is 0 Å². The van der Waals surface area contributed by atoms with E-state index in [1.807, 2.05) is 0 Å². The van der Waals surface area contributed by atoms with Gasteiger partial charge in [-0.2, -0.15) is 0 Å². The molecule has 11 heavy (non-hydrogen) atoms. The van der Waals surface area contributed by atoms with Crippen molar-refractivity contribution in [2.75, 3.05) is 0 Å². The first-order valence-corrected chi connectivity index (χ1v) is 15.6. The monoisotopic (exact) mass is 354 g/mol. The van der Waals surface area contributed by atoms with E-state index in [1.54, 1.807) is 59.0 Å². The highest BCUT2D eigenvalue weighted by atomic mass is 34.0. The smallest absolute Gasteiger partial charge is 0.000000798 e. The fourth-order valence-corrected chi connectivity index (χ4v) is 20.3. The molecular formula is H2S11. The first kappa shape index (κ1) is 14.6. The maximum Gasteiger partial charge on any atom is -0.000000798 e. The summed E-state index contributed by atoms with van der Waals surface area (Å²) in [5, 5.41) is 0. The fraction of sp³-hybridized carbons (Fsp3) is 0. The number of hydrogen-bond donors (Lipinski definition) is 2. The highest BCUT2D eigenvalue weighted by molar-refractivity contribution is 9.50. The van der Waals surface area contributed by atoms with E-state index in [1.165, 1.54) is 9.83 Å². The Balaban J connectivity index is 2.90. The van der Waals surface area contributed by atoms with E-state index in [2.05, 4.69) is 11.7 Å². The van der Waals surface area contributed by atoms with E-state index in [0.29, 0.717) is 0 Å². The average molecular weight is 355 g/mol. The minimum Gasteiger partial charge on any atom is -0.0988 e. The molecule has 0 aromatic carbocycles. The second-order valence-electron chi connectivity index (χ2n) is 0.713. The summed E-state index contributed by atoms with van der Waals surface area (Å²) in [7, 11) is 10.8. The van der Waals surface area contributed by atoms with Gasteiger partial charge in [-0.1, -0.05) is 11.7 Å². The van der Waals surface area contributed by atoms with Gasteiger partial charge in [-0.15, -0.1) is 0 Å². The van der Waals surface area contributed by atoms with Crippen LogP contribution in [0, 0.1) is 0 Å². The van der Waals surface area contributed by atoms with Crippen LogP contribution in [0.1, 0.15) is 0 Å². The topological polar surface area (TPSA) is 0 Å². The minimum atomic E-state index is -0.649. The molecule has 0 amide bonds. The van der Waals surface area contributed by atoms with E-state index < -0.39 is 7.05 Å². The van der Waals surface area contributed by atoms with Crippen LogP contribution in [0.3, 0.4) is 0 Å². The van der Waals surface area contributed by atoms with Crippen molar-refractivity contribution in [2.24, 2.45) is 0 Å². The van der Waals surface area contributed by atoms with Crippen molar-refractivity contribution in [3.05, 3.63) is 0 Å². The van der Waals surface area contributed by atoms with Crippen molar-refractivity contribution in [1.29, 1.82) is 0 Å². The van der Waals surface area contributed by atoms with Crippen LogP contribution < -0.4 is 0 Å². The normalized spacial score (nSPS) is 10.7. The molecule has 0 aliphatic rings. The molecule has 0 rings (SSSR count). The number of hydrogen-bond acceptors (Lipinski definition) is 10. The Bertz CT molecular complexity index is 121. The van der Waals surface area contributed by atoms with Crippen molar-refractivity contribution in [3.63, 3.8) is 0 Å². The first-order valence-electron chi connectivity index (χ1n) is 1.73. The Kier molecular flexibility index (Phi) is 15.5. The lowest BCUT2D eigenvalue weighted by Crippen LogP contribution is -1.44. The van der Waals surface area contributed by atoms with Crippen LogP contribution in [0.15, 0.2) is 0 Å². The van der Waals surface area contributed by atoms with Gasteiger partial charge in [0.1, 0.15) is 0 Å². The van der Waals surface area contributed by atoms with Gasteiger partial charge in [-0.3, -0.25) is 0 Å². The quantitative estimate of drug-likeness (QED) is 0.378. The van der Waals surface area contributed by atoms with Crippen molar-refractivity contribution < 1.29 is 0 Å². The second-order valence-corrected chi connectivity index (χ2v) is 19.2. The summed E-state index contributed by atoms with van der Waals surface area (Å²) in [5.41, 5.74) is 0. The first-order chi connectivity index (χ1) is 5.27. The van der Waals surface area contributed by atoms with Gasteiger partial charge in [0.15, 0.2) is 0 Å². The summed E-state index contributed by atoms with van der Waals surface area (Å²) < 4.78 is 0. The van der Waals surface area contributed by atoms with Crippen LogP contribution >= 0.6 is 80.4 Å². The minimum absolute atomic E-state index is 0.649. The molecule has 0 N–H and O–H groups in total. The maximum atomic E-state index is 4.85. The molecule has 0 saturated heterocycles. The zero-order valence-electron chi connectivity index (χ0n) is 4.57. The predicted octanol–water partition coefficient (Wildman–Crippen LogP) is 4.64. The molecule has 0 atom stereocenters.